The molecule has 0 saturated carbocycles. The standard InChI is InChI=1S/C19H25N3O2/c1-15(18-5-4-12-24-18)20-13-19(23)21-17-8-6-16(7-9-17)14-22-10-2-3-11-22/h4-9,12,15,20H,2-3,10-11,13-14H2,1H3,(H,21,23)/p+2/t15-/m0/s1. The summed E-state index contributed by atoms with van der Waals surface area (Å²) in [5.74, 6) is 0.892. The number of likely N-dealkylation sites (tertiary alicyclic amines) is 1. The molecule has 128 valence electrons. The first-order valence-electron chi connectivity index (χ1n) is 8.80. The first-order valence-corrected chi connectivity index (χ1v) is 8.80. The Hall–Kier alpha value is -2.11. The predicted molar refractivity (Wildman–Crippen MR) is 92.6 cm³/mol. The summed E-state index contributed by atoms with van der Waals surface area (Å²) in [5.41, 5.74) is 2.20. The van der Waals surface area contributed by atoms with E-state index >= 15 is 0 Å². The van der Waals surface area contributed by atoms with Crippen molar-refractivity contribution < 1.29 is 19.4 Å². The Labute approximate surface area is 143 Å². The second kappa shape index (κ2) is 8.13. The van der Waals surface area contributed by atoms with Crippen LogP contribution in [0.3, 0.4) is 0 Å². The highest BCUT2D eigenvalue weighted by atomic mass is 16.3. The largest absolute Gasteiger partial charge is 0.463 e. The molecule has 0 radical (unpaired) electrons. The van der Waals surface area contributed by atoms with Crippen LogP contribution in [0, 0.1) is 0 Å². The van der Waals surface area contributed by atoms with Gasteiger partial charge in [0.1, 0.15) is 12.6 Å². The summed E-state index contributed by atoms with van der Waals surface area (Å²) in [5, 5.41) is 4.93. The van der Waals surface area contributed by atoms with Crippen molar-refractivity contribution in [3.8, 4) is 0 Å². The van der Waals surface area contributed by atoms with E-state index in [0.29, 0.717) is 6.54 Å². The van der Waals surface area contributed by atoms with Gasteiger partial charge in [0.15, 0.2) is 12.3 Å². The molecule has 0 unspecified atom stereocenters. The average Bonchev–Trinajstić information content (AvgIpc) is 3.28. The van der Waals surface area contributed by atoms with E-state index in [9.17, 15) is 4.79 Å². The highest BCUT2D eigenvalue weighted by Gasteiger charge is 2.16. The van der Waals surface area contributed by atoms with E-state index in [0.717, 1.165) is 18.0 Å². The fraction of sp³-hybridized carbons (Fsp3) is 0.421. The first kappa shape index (κ1) is 16.7. The van der Waals surface area contributed by atoms with Crippen LogP contribution in [0.25, 0.3) is 0 Å². The first-order chi connectivity index (χ1) is 11.7. The van der Waals surface area contributed by atoms with E-state index in [-0.39, 0.29) is 11.9 Å². The van der Waals surface area contributed by atoms with Gasteiger partial charge in [-0.15, -0.1) is 0 Å². The van der Waals surface area contributed by atoms with Crippen molar-refractivity contribution in [3.05, 3.63) is 54.0 Å². The second-order valence-electron chi connectivity index (χ2n) is 6.62. The normalized spacial score (nSPS) is 16.2. The van der Waals surface area contributed by atoms with Crippen LogP contribution in [0.2, 0.25) is 0 Å². The van der Waals surface area contributed by atoms with Gasteiger partial charge in [-0.25, -0.2) is 0 Å². The van der Waals surface area contributed by atoms with Crippen molar-refractivity contribution in [3.63, 3.8) is 0 Å². The number of amides is 1. The average molecular weight is 329 g/mol. The van der Waals surface area contributed by atoms with Gasteiger partial charge in [-0.1, -0.05) is 12.1 Å². The lowest BCUT2D eigenvalue weighted by molar-refractivity contribution is -0.901. The monoisotopic (exact) mass is 329 g/mol. The molecule has 2 heterocycles. The fourth-order valence-electron chi connectivity index (χ4n) is 3.21. The summed E-state index contributed by atoms with van der Waals surface area (Å²) in [6, 6.07) is 12.2. The number of benzene rings is 1. The molecule has 0 bridgehead atoms. The van der Waals surface area contributed by atoms with Crippen molar-refractivity contribution in [1.82, 2.24) is 0 Å². The van der Waals surface area contributed by atoms with Crippen LogP contribution in [0.5, 0.6) is 0 Å². The molecular formula is C19H27N3O2+2. The zero-order valence-electron chi connectivity index (χ0n) is 14.3. The van der Waals surface area contributed by atoms with Gasteiger partial charge >= 0.3 is 0 Å². The number of rotatable bonds is 7. The summed E-state index contributed by atoms with van der Waals surface area (Å²) in [6.45, 7) is 6.05. The molecular weight excluding hydrogens is 302 g/mol. The van der Waals surface area contributed by atoms with Crippen molar-refractivity contribution in [1.29, 1.82) is 0 Å². The van der Waals surface area contributed by atoms with E-state index in [1.807, 2.05) is 36.5 Å². The van der Waals surface area contributed by atoms with Crippen LogP contribution in [0.15, 0.2) is 47.1 Å². The number of quaternary nitrogens is 2. The van der Waals surface area contributed by atoms with Crippen molar-refractivity contribution >= 4 is 11.6 Å². The minimum Gasteiger partial charge on any atom is -0.463 e. The molecule has 24 heavy (non-hydrogen) atoms. The number of hydrogen-bond acceptors (Lipinski definition) is 2. The lowest BCUT2D eigenvalue weighted by Gasteiger charge is -2.12. The minimum absolute atomic E-state index is 0.00586. The van der Waals surface area contributed by atoms with E-state index in [4.69, 9.17) is 4.42 Å². The minimum atomic E-state index is 0.00586. The molecule has 1 saturated heterocycles. The fourth-order valence-corrected chi connectivity index (χ4v) is 3.21. The SMILES string of the molecule is C[C@H]([NH2+]CC(=O)Nc1ccc(C[NH+]2CCCC2)cc1)c1ccco1. The molecule has 5 nitrogen and oxygen atoms in total. The van der Waals surface area contributed by atoms with Crippen LogP contribution in [0.1, 0.15) is 37.1 Å². The maximum Gasteiger partial charge on any atom is 0.279 e. The van der Waals surface area contributed by atoms with E-state index in [1.165, 1.54) is 31.5 Å². The predicted octanol–water partition coefficient (Wildman–Crippen LogP) is 0.721. The van der Waals surface area contributed by atoms with Crippen LogP contribution in [-0.4, -0.2) is 25.5 Å². The molecule has 1 aliphatic rings. The van der Waals surface area contributed by atoms with Gasteiger partial charge in [0, 0.05) is 24.1 Å². The number of carbonyl (C=O) groups excluding carboxylic acids is 1. The Morgan fingerprint density at radius 1 is 1.25 bits per heavy atom. The molecule has 1 aromatic carbocycles. The molecule has 1 atom stereocenters. The number of anilines is 1. The second-order valence-corrected chi connectivity index (χ2v) is 6.62. The van der Waals surface area contributed by atoms with Crippen LogP contribution < -0.4 is 15.5 Å². The van der Waals surface area contributed by atoms with E-state index in [2.05, 4.69) is 17.4 Å². The van der Waals surface area contributed by atoms with Crippen molar-refractivity contribution in [2.75, 3.05) is 25.0 Å². The Bertz CT molecular complexity index is 631. The topological polar surface area (TPSA) is 63.3 Å². The Kier molecular flexibility index (Phi) is 5.67. The molecule has 1 amide bonds. The zero-order chi connectivity index (χ0) is 16.8. The lowest BCUT2D eigenvalue weighted by Crippen LogP contribution is -3.08. The summed E-state index contributed by atoms with van der Waals surface area (Å²) < 4.78 is 5.35. The summed E-state index contributed by atoms with van der Waals surface area (Å²) in [4.78, 5) is 13.7. The summed E-state index contributed by atoms with van der Waals surface area (Å²) in [6.07, 6.45) is 4.35. The van der Waals surface area contributed by atoms with Crippen LogP contribution in [-0.2, 0) is 11.3 Å². The molecule has 0 spiro atoms. The lowest BCUT2D eigenvalue weighted by atomic mass is 10.2. The zero-order valence-corrected chi connectivity index (χ0v) is 14.3. The van der Waals surface area contributed by atoms with E-state index in [1.54, 1.807) is 11.2 Å². The summed E-state index contributed by atoms with van der Waals surface area (Å²) in [7, 11) is 0. The van der Waals surface area contributed by atoms with Crippen LogP contribution >= 0.6 is 0 Å². The molecule has 0 aliphatic carbocycles. The molecule has 1 aliphatic heterocycles. The van der Waals surface area contributed by atoms with E-state index < -0.39 is 0 Å². The third-order valence-electron chi connectivity index (χ3n) is 4.65. The van der Waals surface area contributed by atoms with Gasteiger partial charge in [-0.05, 0) is 31.2 Å². The molecule has 4 N–H and O–H groups in total. The quantitative estimate of drug-likeness (QED) is 0.701. The molecule has 2 aromatic rings. The highest BCUT2D eigenvalue weighted by Crippen LogP contribution is 2.09. The number of nitrogens with one attached hydrogen (secondary N) is 2. The molecule has 5 heteroatoms. The Morgan fingerprint density at radius 3 is 2.67 bits per heavy atom. The Balaban J connectivity index is 1.44. The number of carbonyl (C=O) groups is 1. The van der Waals surface area contributed by atoms with Gasteiger partial charge in [0.2, 0.25) is 0 Å². The molecule has 1 fully saturated rings. The Morgan fingerprint density at radius 2 is 2.00 bits per heavy atom. The molecule has 1 aromatic heterocycles. The van der Waals surface area contributed by atoms with Crippen molar-refractivity contribution in [2.45, 2.75) is 32.4 Å². The maximum absolute atomic E-state index is 12.1. The van der Waals surface area contributed by atoms with Crippen molar-refractivity contribution in [2.24, 2.45) is 0 Å². The molecule has 3 rings (SSSR count). The van der Waals surface area contributed by atoms with Gasteiger partial charge in [0.25, 0.3) is 5.91 Å². The third kappa shape index (κ3) is 4.69. The van der Waals surface area contributed by atoms with Gasteiger partial charge < -0.3 is 20.0 Å². The third-order valence-corrected chi connectivity index (χ3v) is 4.65. The van der Waals surface area contributed by atoms with Gasteiger partial charge in [-0.3, -0.25) is 4.79 Å². The summed E-state index contributed by atoms with van der Waals surface area (Å²) >= 11 is 0. The number of hydrogen-bond donors (Lipinski definition) is 3. The van der Waals surface area contributed by atoms with Gasteiger partial charge in [0.05, 0.1) is 19.4 Å². The maximum atomic E-state index is 12.1. The number of nitrogens with two attached hydrogens (primary N) is 1. The van der Waals surface area contributed by atoms with Crippen LogP contribution in [0.4, 0.5) is 5.69 Å². The highest BCUT2D eigenvalue weighted by molar-refractivity contribution is 5.91. The van der Waals surface area contributed by atoms with Gasteiger partial charge in [-0.2, -0.15) is 0 Å². The smallest absolute Gasteiger partial charge is 0.279 e. The number of furan rings is 1.